The van der Waals surface area contributed by atoms with Gasteiger partial charge in [0.1, 0.15) is 0 Å². The average molecular weight is 215 g/mol. The molecule has 0 radical (unpaired) electrons. The van der Waals surface area contributed by atoms with Crippen LogP contribution < -0.4 is 0 Å². The molecule has 0 rings (SSSR count). The number of hydrogen-bond acceptors (Lipinski definition) is 4. The Labute approximate surface area is 85.9 Å². The molecule has 0 aromatic rings. The van der Waals surface area contributed by atoms with Crippen LogP contribution in [-0.2, 0) is 13.6 Å². The van der Waals surface area contributed by atoms with E-state index in [1.807, 2.05) is 20.4 Å². The van der Waals surface area contributed by atoms with E-state index >= 15 is 0 Å². The highest BCUT2D eigenvalue weighted by atomic mass is 28.4. The minimum atomic E-state index is -2.36. The zero-order chi connectivity index (χ0) is 11.0. The summed E-state index contributed by atoms with van der Waals surface area (Å²) in [6, 6.07) is 0. The normalized spacial score (nSPS) is 10.8. The molecular weight excluding hydrogens is 198 g/mol. The van der Waals surface area contributed by atoms with Crippen molar-refractivity contribution in [1.82, 2.24) is 0 Å². The van der Waals surface area contributed by atoms with Crippen LogP contribution in [0.4, 0.5) is 0 Å². The van der Waals surface area contributed by atoms with Crippen LogP contribution in [0.1, 0.15) is 13.8 Å². The lowest BCUT2D eigenvalue weighted by molar-refractivity contribution is 0.197. The van der Waals surface area contributed by atoms with Gasteiger partial charge >= 0.3 is 8.56 Å². The standard InChI is InChI=1S/C9H17NO3Si/c1-5-12-14(4,13-6-2)9(3)7-10-8-11/h3,5-7H2,1-2,4H3. The highest BCUT2D eigenvalue weighted by Crippen LogP contribution is 2.16. The maximum atomic E-state index is 9.95. The first-order valence-electron chi connectivity index (χ1n) is 4.60. The first-order valence-corrected chi connectivity index (χ1v) is 6.92. The van der Waals surface area contributed by atoms with Crippen LogP contribution in [0.2, 0.25) is 6.55 Å². The largest absolute Gasteiger partial charge is 0.392 e. The maximum Gasteiger partial charge on any atom is 0.366 e. The van der Waals surface area contributed by atoms with Gasteiger partial charge in [-0.2, -0.15) is 0 Å². The molecule has 0 aliphatic rings. The fraction of sp³-hybridized carbons (Fsp3) is 0.667. The lowest BCUT2D eigenvalue weighted by atomic mass is 10.6. The lowest BCUT2D eigenvalue weighted by Crippen LogP contribution is -2.42. The van der Waals surface area contributed by atoms with Crippen LogP contribution in [0.5, 0.6) is 0 Å². The second-order valence-electron chi connectivity index (χ2n) is 2.82. The molecule has 0 heterocycles. The van der Waals surface area contributed by atoms with Crippen LogP contribution in [0, 0.1) is 0 Å². The quantitative estimate of drug-likeness (QED) is 0.368. The lowest BCUT2D eigenvalue weighted by Gasteiger charge is -2.26. The summed E-state index contributed by atoms with van der Waals surface area (Å²) in [5.41, 5.74) is 0. The van der Waals surface area contributed by atoms with Crippen LogP contribution in [0.3, 0.4) is 0 Å². The van der Waals surface area contributed by atoms with Crippen molar-refractivity contribution in [3.05, 3.63) is 11.8 Å². The van der Waals surface area contributed by atoms with Crippen molar-refractivity contribution in [2.45, 2.75) is 20.4 Å². The van der Waals surface area contributed by atoms with Crippen LogP contribution >= 0.6 is 0 Å². The predicted octanol–water partition coefficient (Wildman–Crippen LogP) is 1.56. The highest BCUT2D eigenvalue weighted by Gasteiger charge is 2.34. The van der Waals surface area contributed by atoms with Gasteiger partial charge in [-0.1, -0.05) is 6.58 Å². The Morgan fingerprint density at radius 1 is 1.43 bits per heavy atom. The number of carbonyl (C=O) groups excluding carboxylic acids is 1. The second kappa shape index (κ2) is 6.67. The summed E-state index contributed by atoms with van der Waals surface area (Å²) in [6.07, 6.45) is 1.48. The third-order valence-corrected chi connectivity index (χ3v) is 4.94. The van der Waals surface area contributed by atoms with Crippen molar-refractivity contribution in [3.63, 3.8) is 0 Å². The molecule has 0 aliphatic carbocycles. The number of rotatable bonds is 7. The number of isocyanates is 1. The van der Waals surface area contributed by atoms with Crippen molar-refractivity contribution < 1.29 is 13.6 Å². The Balaban J connectivity index is 4.45. The molecule has 5 heteroatoms. The van der Waals surface area contributed by atoms with Crippen LogP contribution in [0.25, 0.3) is 0 Å². The molecule has 0 aliphatic heterocycles. The Morgan fingerprint density at radius 2 is 1.93 bits per heavy atom. The van der Waals surface area contributed by atoms with Crippen LogP contribution in [-0.4, -0.2) is 34.4 Å². The summed E-state index contributed by atoms with van der Waals surface area (Å²) < 4.78 is 11.1. The predicted molar refractivity (Wildman–Crippen MR) is 57.0 cm³/mol. The topological polar surface area (TPSA) is 47.9 Å². The van der Waals surface area contributed by atoms with Crippen molar-refractivity contribution in [1.29, 1.82) is 0 Å². The first kappa shape index (κ1) is 13.3. The minimum absolute atomic E-state index is 0.242. The van der Waals surface area contributed by atoms with Gasteiger partial charge in [0.15, 0.2) is 0 Å². The van der Waals surface area contributed by atoms with Crippen molar-refractivity contribution in [3.8, 4) is 0 Å². The Hall–Kier alpha value is -0.743. The molecule has 0 bridgehead atoms. The molecule has 80 valence electrons. The fourth-order valence-electron chi connectivity index (χ4n) is 1.07. The summed E-state index contributed by atoms with van der Waals surface area (Å²) in [5.74, 6) is 0. The molecule has 0 atom stereocenters. The molecule has 0 unspecified atom stereocenters. The number of nitrogens with zero attached hydrogens (tertiary/aromatic N) is 1. The fourth-order valence-corrected chi connectivity index (χ4v) is 3.03. The van der Waals surface area contributed by atoms with Gasteiger partial charge in [-0.25, -0.2) is 9.79 Å². The SMILES string of the molecule is C=C(CN=C=O)[Si](C)(OCC)OCC. The van der Waals surface area contributed by atoms with Gasteiger partial charge in [0.05, 0.1) is 6.54 Å². The van der Waals surface area contributed by atoms with Gasteiger partial charge in [0.2, 0.25) is 6.08 Å². The molecule has 0 aromatic carbocycles. The Morgan fingerprint density at radius 3 is 2.29 bits per heavy atom. The van der Waals surface area contributed by atoms with Gasteiger partial charge in [-0.05, 0) is 25.6 Å². The molecule has 0 fully saturated rings. The second-order valence-corrected chi connectivity index (χ2v) is 6.00. The molecular formula is C9H17NO3Si. The van der Waals surface area contributed by atoms with Crippen molar-refractivity contribution >= 4 is 14.6 Å². The van der Waals surface area contributed by atoms with E-state index in [0.29, 0.717) is 13.2 Å². The van der Waals surface area contributed by atoms with Gasteiger partial charge in [-0.3, -0.25) is 0 Å². The van der Waals surface area contributed by atoms with E-state index in [1.54, 1.807) is 0 Å². The first-order chi connectivity index (χ1) is 6.60. The molecule has 0 N–H and O–H groups in total. The van der Waals surface area contributed by atoms with E-state index < -0.39 is 8.56 Å². The molecule has 4 nitrogen and oxygen atoms in total. The molecule has 0 saturated carbocycles. The van der Waals surface area contributed by atoms with Gasteiger partial charge in [0.25, 0.3) is 0 Å². The zero-order valence-corrected chi connectivity index (χ0v) is 10.0. The summed E-state index contributed by atoms with van der Waals surface area (Å²) in [6.45, 7) is 10.9. The van der Waals surface area contributed by atoms with E-state index in [0.717, 1.165) is 5.20 Å². The van der Waals surface area contributed by atoms with E-state index in [4.69, 9.17) is 8.85 Å². The average Bonchev–Trinajstić information content (AvgIpc) is 2.15. The summed E-state index contributed by atoms with van der Waals surface area (Å²) in [7, 11) is -2.36. The molecule has 0 spiro atoms. The zero-order valence-electron chi connectivity index (χ0n) is 9.00. The van der Waals surface area contributed by atoms with E-state index in [1.165, 1.54) is 6.08 Å². The third-order valence-electron chi connectivity index (χ3n) is 1.82. The monoisotopic (exact) mass is 215 g/mol. The van der Waals surface area contributed by atoms with E-state index in [-0.39, 0.29) is 6.54 Å². The summed E-state index contributed by atoms with van der Waals surface area (Å²) in [4.78, 5) is 13.4. The van der Waals surface area contributed by atoms with Crippen molar-refractivity contribution in [2.24, 2.45) is 4.99 Å². The van der Waals surface area contributed by atoms with Gasteiger partial charge < -0.3 is 8.85 Å². The molecule has 0 aromatic heterocycles. The smallest absolute Gasteiger partial charge is 0.366 e. The highest BCUT2D eigenvalue weighted by molar-refractivity contribution is 6.73. The maximum absolute atomic E-state index is 9.95. The molecule has 0 saturated heterocycles. The van der Waals surface area contributed by atoms with Crippen LogP contribution in [0.15, 0.2) is 16.8 Å². The van der Waals surface area contributed by atoms with E-state index in [2.05, 4.69) is 11.6 Å². The minimum Gasteiger partial charge on any atom is -0.392 e. The summed E-state index contributed by atoms with van der Waals surface area (Å²) >= 11 is 0. The van der Waals surface area contributed by atoms with Gasteiger partial charge in [0, 0.05) is 13.2 Å². The molecule has 14 heavy (non-hydrogen) atoms. The summed E-state index contributed by atoms with van der Waals surface area (Å²) in [5, 5.41) is 0.754. The third kappa shape index (κ3) is 3.98. The Bertz CT molecular complexity index is 230. The number of aliphatic imine (C=N–C) groups is 1. The number of hydrogen-bond donors (Lipinski definition) is 0. The molecule has 0 amide bonds. The van der Waals surface area contributed by atoms with E-state index in [9.17, 15) is 4.79 Å². The van der Waals surface area contributed by atoms with Crippen molar-refractivity contribution in [2.75, 3.05) is 19.8 Å². The van der Waals surface area contributed by atoms with Gasteiger partial charge in [-0.15, -0.1) is 0 Å². The Kier molecular flexibility index (Phi) is 6.32.